The molecule has 0 aliphatic heterocycles. The average molecular weight is 286 g/mol. The molecule has 1 rings (SSSR count). The molecule has 0 aliphatic carbocycles. The molecule has 7 heteroatoms. The van der Waals surface area contributed by atoms with Crippen LogP contribution in [-0.2, 0) is 10.2 Å². The van der Waals surface area contributed by atoms with Crippen LogP contribution in [0.4, 0.5) is 10.1 Å². The third-order valence-electron chi connectivity index (χ3n) is 1.92. The molecule has 3 N–H and O–H groups in total. The van der Waals surface area contributed by atoms with E-state index in [9.17, 15) is 12.8 Å². The third kappa shape index (κ3) is 5.26. The lowest BCUT2D eigenvalue weighted by atomic mass is 10.2. The number of benzene rings is 1. The first-order chi connectivity index (χ1) is 8.84. The van der Waals surface area contributed by atoms with Gasteiger partial charge in [-0.05, 0) is 32.0 Å². The highest BCUT2D eigenvalue weighted by Gasteiger charge is 2.13. The SMILES string of the molecule is CC(C)NS(=O)(=O)Nc1ccc(F)cc1C#CCO. The quantitative estimate of drug-likeness (QED) is 0.717. The van der Waals surface area contributed by atoms with Crippen LogP contribution in [0.2, 0.25) is 0 Å². The van der Waals surface area contributed by atoms with Gasteiger partial charge in [0.1, 0.15) is 12.4 Å². The highest BCUT2D eigenvalue weighted by atomic mass is 32.2. The number of halogens is 1. The van der Waals surface area contributed by atoms with Gasteiger partial charge in [-0.2, -0.15) is 13.1 Å². The molecule has 0 heterocycles. The number of nitrogens with one attached hydrogen (secondary N) is 2. The van der Waals surface area contributed by atoms with Crippen molar-refractivity contribution < 1.29 is 17.9 Å². The van der Waals surface area contributed by atoms with Gasteiger partial charge < -0.3 is 5.11 Å². The third-order valence-corrected chi connectivity index (χ3v) is 3.19. The summed E-state index contributed by atoms with van der Waals surface area (Å²) in [7, 11) is -3.75. The number of anilines is 1. The summed E-state index contributed by atoms with van der Waals surface area (Å²) in [5.74, 6) is 4.29. The second kappa shape index (κ2) is 6.52. The van der Waals surface area contributed by atoms with E-state index < -0.39 is 22.6 Å². The number of hydrogen-bond acceptors (Lipinski definition) is 3. The molecule has 0 radical (unpaired) electrons. The van der Waals surface area contributed by atoms with E-state index in [-0.39, 0.29) is 17.3 Å². The Morgan fingerprint density at radius 2 is 2.11 bits per heavy atom. The smallest absolute Gasteiger partial charge is 0.299 e. The minimum Gasteiger partial charge on any atom is -0.384 e. The second-order valence-corrected chi connectivity index (χ2v) is 5.47. The summed E-state index contributed by atoms with van der Waals surface area (Å²) >= 11 is 0. The molecule has 0 aliphatic rings. The van der Waals surface area contributed by atoms with Crippen molar-refractivity contribution in [3.63, 3.8) is 0 Å². The van der Waals surface area contributed by atoms with E-state index in [0.29, 0.717) is 0 Å². The molecule has 0 spiro atoms. The van der Waals surface area contributed by atoms with Crippen molar-refractivity contribution in [3.8, 4) is 11.8 Å². The lowest BCUT2D eigenvalue weighted by Gasteiger charge is -2.12. The molecule has 5 nitrogen and oxygen atoms in total. The molecule has 0 unspecified atom stereocenters. The Morgan fingerprint density at radius 1 is 1.42 bits per heavy atom. The minimum atomic E-state index is -3.75. The van der Waals surface area contributed by atoms with E-state index in [1.54, 1.807) is 13.8 Å². The lowest BCUT2D eigenvalue weighted by Crippen LogP contribution is -2.35. The summed E-state index contributed by atoms with van der Waals surface area (Å²) in [6.07, 6.45) is 0. The van der Waals surface area contributed by atoms with E-state index in [1.807, 2.05) is 0 Å². The van der Waals surface area contributed by atoms with Gasteiger partial charge in [0, 0.05) is 6.04 Å². The summed E-state index contributed by atoms with van der Waals surface area (Å²) in [6, 6.07) is 3.22. The van der Waals surface area contributed by atoms with Crippen molar-refractivity contribution in [1.29, 1.82) is 0 Å². The fourth-order valence-electron chi connectivity index (χ4n) is 1.33. The summed E-state index contributed by atoms with van der Waals surface area (Å²) < 4.78 is 41.1. The van der Waals surface area contributed by atoms with E-state index in [4.69, 9.17) is 5.11 Å². The molecule has 0 amide bonds. The average Bonchev–Trinajstić information content (AvgIpc) is 2.27. The Kier molecular flexibility index (Phi) is 5.30. The zero-order valence-electron chi connectivity index (χ0n) is 10.6. The maximum absolute atomic E-state index is 13.1. The van der Waals surface area contributed by atoms with Crippen LogP contribution in [0.25, 0.3) is 0 Å². The van der Waals surface area contributed by atoms with E-state index in [2.05, 4.69) is 21.3 Å². The molecular formula is C12H15FN2O3S. The highest BCUT2D eigenvalue weighted by molar-refractivity contribution is 7.90. The van der Waals surface area contributed by atoms with Gasteiger partial charge in [-0.15, -0.1) is 0 Å². The van der Waals surface area contributed by atoms with Gasteiger partial charge in [0.05, 0.1) is 11.3 Å². The normalized spacial score (nSPS) is 11.0. The van der Waals surface area contributed by atoms with Crippen LogP contribution in [0.5, 0.6) is 0 Å². The fraction of sp³-hybridized carbons (Fsp3) is 0.333. The van der Waals surface area contributed by atoms with Gasteiger partial charge in [0.25, 0.3) is 10.2 Å². The first-order valence-electron chi connectivity index (χ1n) is 5.53. The molecule has 104 valence electrons. The van der Waals surface area contributed by atoms with E-state index in [0.717, 1.165) is 12.1 Å². The van der Waals surface area contributed by atoms with Crippen LogP contribution >= 0.6 is 0 Å². The van der Waals surface area contributed by atoms with Crippen LogP contribution in [0.3, 0.4) is 0 Å². The number of aliphatic hydroxyl groups excluding tert-OH is 1. The Bertz CT molecular complexity index is 603. The van der Waals surface area contributed by atoms with Crippen LogP contribution in [0, 0.1) is 17.7 Å². The summed E-state index contributed by atoms with van der Waals surface area (Å²) in [5, 5.41) is 8.62. The highest BCUT2D eigenvalue weighted by Crippen LogP contribution is 2.17. The largest absolute Gasteiger partial charge is 0.384 e. The van der Waals surface area contributed by atoms with E-state index >= 15 is 0 Å². The Morgan fingerprint density at radius 3 is 2.68 bits per heavy atom. The maximum atomic E-state index is 13.1. The maximum Gasteiger partial charge on any atom is 0.299 e. The van der Waals surface area contributed by atoms with Gasteiger partial charge in [-0.3, -0.25) is 4.72 Å². The molecule has 0 saturated carbocycles. The van der Waals surface area contributed by atoms with Crippen molar-refractivity contribution >= 4 is 15.9 Å². The minimum absolute atomic E-state index is 0.149. The molecule has 0 saturated heterocycles. The van der Waals surface area contributed by atoms with Gasteiger partial charge in [0.2, 0.25) is 0 Å². The topological polar surface area (TPSA) is 78.4 Å². The molecule has 0 atom stereocenters. The Balaban J connectivity index is 3.07. The summed E-state index contributed by atoms with van der Waals surface area (Å²) in [6.45, 7) is 2.96. The summed E-state index contributed by atoms with van der Waals surface area (Å²) in [4.78, 5) is 0. The predicted molar refractivity (Wildman–Crippen MR) is 71.2 cm³/mol. The van der Waals surface area contributed by atoms with Crippen LogP contribution < -0.4 is 9.44 Å². The van der Waals surface area contributed by atoms with Crippen molar-refractivity contribution in [3.05, 3.63) is 29.6 Å². The standard InChI is InChI=1S/C12H15FN2O3S/c1-9(2)14-19(17,18)15-12-6-5-11(13)8-10(12)4-3-7-16/h5-6,8-9,14-16H,7H2,1-2H3. The Labute approximate surface area is 112 Å². The summed E-state index contributed by atoms with van der Waals surface area (Å²) in [5.41, 5.74) is 0.304. The number of hydrogen-bond donors (Lipinski definition) is 3. The van der Waals surface area contributed by atoms with Crippen molar-refractivity contribution in [1.82, 2.24) is 4.72 Å². The first-order valence-corrected chi connectivity index (χ1v) is 7.01. The van der Waals surface area contributed by atoms with Crippen molar-refractivity contribution in [2.45, 2.75) is 19.9 Å². The number of aliphatic hydroxyl groups is 1. The number of rotatable bonds is 4. The van der Waals surface area contributed by atoms with Crippen LogP contribution in [0.15, 0.2) is 18.2 Å². The molecule has 0 fully saturated rings. The van der Waals surface area contributed by atoms with Gasteiger partial charge in [-0.1, -0.05) is 11.8 Å². The van der Waals surface area contributed by atoms with Crippen LogP contribution in [0.1, 0.15) is 19.4 Å². The molecule has 0 bridgehead atoms. The first kappa shape index (κ1) is 15.4. The molecular weight excluding hydrogens is 271 g/mol. The zero-order valence-corrected chi connectivity index (χ0v) is 11.4. The molecule has 1 aromatic carbocycles. The molecule has 0 aromatic heterocycles. The predicted octanol–water partition coefficient (Wildman–Crippen LogP) is 0.824. The lowest BCUT2D eigenvalue weighted by molar-refractivity contribution is 0.350. The zero-order chi connectivity index (χ0) is 14.5. The molecule has 19 heavy (non-hydrogen) atoms. The monoisotopic (exact) mass is 286 g/mol. The molecule has 1 aromatic rings. The van der Waals surface area contributed by atoms with Crippen molar-refractivity contribution in [2.24, 2.45) is 0 Å². The fourth-order valence-corrected chi connectivity index (χ4v) is 2.48. The Hall–Kier alpha value is -1.62. The van der Waals surface area contributed by atoms with E-state index in [1.165, 1.54) is 6.07 Å². The second-order valence-electron chi connectivity index (χ2n) is 4.03. The van der Waals surface area contributed by atoms with Gasteiger partial charge in [0.15, 0.2) is 0 Å². The van der Waals surface area contributed by atoms with Gasteiger partial charge >= 0.3 is 0 Å². The van der Waals surface area contributed by atoms with Crippen LogP contribution in [-0.4, -0.2) is 26.2 Å². The van der Waals surface area contributed by atoms with Gasteiger partial charge in [-0.25, -0.2) is 4.39 Å². The van der Waals surface area contributed by atoms with Crippen molar-refractivity contribution in [2.75, 3.05) is 11.3 Å².